The standard InChI is InChI=1S/C20H19N3O3/c1-3-17(24)22-13-7-5-6-12(10-13)14-8-9-15(20(21)25)19-16(14)11-18(23-19)26-4-2/h3,5-11,23H,1,4H2,2H3,(H2,21,25)(H,22,24). The van der Waals surface area contributed by atoms with Gasteiger partial charge in [-0.3, -0.25) is 9.59 Å². The summed E-state index contributed by atoms with van der Waals surface area (Å²) >= 11 is 0. The van der Waals surface area contributed by atoms with Crippen LogP contribution in [0.1, 0.15) is 17.3 Å². The van der Waals surface area contributed by atoms with Crippen LogP contribution in [0.3, 0.4) is 0 Å². The minimum Gasteiger partial charge on any atom is -0.479 e. The van der Waals surface area contributed by atoms with Gasteiger partial charge in [0.05, 0.1) is 17.7 Å². The number of carbonyl (C=O) groups excluding carboxylic acids is 2. The fraction of sp³-hybridized carbons (Fsp3) is 0.100. The molecule has 6 nitrogen and oxygen atoms in total. The first kappa shape index (κ1) is 17.3. The maximum Gasteiger partial charge on any atom is 0.250 e. The number of primary amides is 1. The van der Waals surface area contributed by atoms with Gasteiger partial charge in [0.15, 0.2) is 5.88 Å². The third kappa shape index (κ3) is 3.30. The Morgan fingerprint density at radius 1 is 1.27 bits per heavy atom. The van der Waals surface area contributed by atoms with Gasteiger partial charge in [-0.25, -0.2) is 0 Å². The van der Waals surface area contributed by atoms with E-state index in [-0.39, 0.29) is 5.91 Å². The second-order valence-electron chi connectivity index (χ2n) is 5.65. The van der Waals surface area contributed by atoms with Gasteiger partial charge in [-0.15, -0.1) is 0 Å². The van der Waals surface area contributed by atoms with Gasteiger partial charge < -0.3 is 20.8 Å². The second-order valence-corrected chi connectivity index (χ2v) is 5.65. The van der Waals surface area contributed by atoms with E-state index in [1.807, 2.05) is 37.3 Å². The van der Waals surface area contributed by atoms with Gasteiger partial charge in [0.2, 0.25) is 5.91 Å². The third-order valence-corrected chi connectivity index (χ3v) is 3.96. The van der Waals surface area contributed by atoms with Gasteiger partial charge in [-0.2, -0.15) is 0 Å². The Labute approximate surface area is 150 Å². The van der Waals surface area contributed by atoms with Gasteiger partial charge in [-0.05, 0) is 42.3 Å². The average molecular weight is 349 g/mol. The highest BCUT2D eigenvalue weighted by molar-refractivity contribution is 6.10. The zero-order chi connectivity index (χ0) is 18.7. The van der Waals surface area contributed by atoms with Crippen LogP contribution in [0.15, 0.2) is 55.1 Å². The van der Waals surface area contributed by atoms with Crippen LogP contribution < -0.4 is 15.8 Å². The molecule has 2 aromatic carbocycles. The molecule has 0 saturated heterocycles. The van der Waals surface area contributed by atoms with E-state index in [9.17, 15) is 9.59 Å². The maximum atomic E-state index is 11.7. The number of nitrogens with one attached hydrogen (secondary N) is 2. The topological polar surface area (TPSA) is 97.2 Å². The molecule has 0 saturated carbocycles. The van der Waals surface area contributed by atoms with E-state index in [0.717, 1.165) is 16.5 Å². The van der Waals surface area contributed by atoms with Crippen molar-refractivity contribution in [1.82, 2.24) is 4.98 Å². The lowest BCUT2D eigenvalue weighted by molar-refractivity contribution is -0.111. The van der Waals surface area contributed by atoms with Crippen molar-refractivity contribution < 1.29 is 14.3 Å². The number of hydrogen-bond donors (Lipinski definition) is 3. The lowest BCUT2D eigenvalue weighted by Crippen LogP contribution is -2.11. The van der Waals surface area contributed by atoms with E-state index in [0.29, 0.717) is 29.3 Å². The largest absolute Gasteiger partial charge is 0.479 e. The molecule has 26 heavy (non-hydrogen) atoms. The Kier molecular flexibility index (Phi) is 4.75. The smallest absolute Gasteiger partial charge is 0.250 e. The lowest BCUT2D eigenvalue weighted by Gasteiger charge is -2.09. The normalized spacial score (nSPS) is 10.5. The minimum atomic E-state index is -0.515. The number of H-pyrrole nitrogens is 1. The van der Waals surface area contributed by atoms with E-state index in [1.165, 1.54) is 6.08 Å². The van der Waals surface area contributed by atoms with Crippen LogP contribution in [0.2, 0.25) is 0 Å². The van der Waals surface area contributed by atoms with Gasteiger partial charge >= 0.3 is 0 Å². The Morgan fingerprint density at radius 2 is 2.08 bits per heavy atom. The van der Waals surface area contributed by atoms with E-state index in [4.69, 9.17) is 10.5 Å². The van der Waals surface area contributed by atoms with E-state index >= 15 is 0 Å². The molecular weight excluding hydrogens is 330 g/mol. The van der Waals surface area contributed by atoms with Crippen LogP contribution in [-0.2, 0) is 4.79 Å². The highest BCUT2D eigenvalue weighted by atomic mass is 16.5. The van der Waals surface area contributed by atoms with Crippen LogP contribution in [0.4, 0.5) is 5.69 Å². The van der Waals surface area contributed by atoms with Crippen molar-refractivity contribution in [3.05, 3.63) is 60.7 Å². The highest BCUT2D eigenvalue weighted by Gasteiger charge is 2.15. The van der Waals surface area contributed by atoms with Crippen molar-refractivity contribution >= 4 is 28.4 Å². The molecule has 4 N–H and O–H groups in total. The zero-order valence-corrected chi connectivity index (χ0v) is 14.3. The molecule has 3 rings (SSSR count). The average Bonchev–Trinajstić information content (AvgIpc) is 3.04. The number of fused-ring (bicyclic) bond motifs is 1. The molecule has 0 radical (unpaired) electrons. The summed E-state index contributed by atoms with van der Waals surface area (Å²) in [4.78, 5) is 26.4. The van der Waals surface area contributed by atoms with Crippen molar-refractivity contribution in [3.8, 4) is 17.0 Å². The number of carbonyl (C=O) groups is 2. The Bertz CT molecular complexity index is 1000. The van der Waals surface area contributed by atoms with Crippen molar-refractivity contribution in [2.24, 2.45) is 5.73 Å². The summed E-state index contributed by atoms with van der Waals surface area (Å²) in [5.74, 6) is -0.233. The summed E-state index contributed by atoms with van der Waals surface area (Å²) in [6.45, 7) is 5.83. The second kappa shape index (κ2) is 7.14. The molecule has 0 atom stereocenters. The van der Waals surface area contributed by atoms with Crippen molar-refractivity contribution in [3.63, 3.8) is 0 Å². The molecule has 132 valence electrons. The number of amides is 2. The van der Waals surface area contributed by atoms with E-state index in [2.05, 4.69) is 16.9 Å². The summed E-state index contributed by atoms with van der Waals surface area (Å²) in [7, 11) is 0. The number of ether oxygens (including phenoxy) is 1. The molecule has 0 unspecified atom stereocenters. The summed E-state index contributed by atoms with van der Waals surface area (Å²) in [5, 5.41) is 3.56. The summed E-state index contributed by atoms with van der Waals surface area (Å²) in [5.41, 5.74) is 8.94. The number of aromatic amines is 1. The summed E-state index contributed by atoms with van der Waals surface area (Å²) in [6.07, 6.45) is 1.22. The van der Waals surface area contributed by atoms with E-state index < -0.39 is 5.91 Å². The SMILES string of the molecule is C=CC(=O)Nc1cccc(-c2ccc(C(N)=O)c3[nH]c(OCC)cc23)c1. The predicted molar refractivity (Wildman–Crippen MR) is 102 cm³/mol. The molecule has 3 aromatic rings. The first-order valence-corrected chi connectivity index (χ1v) is 8.15. The molecule has 0 aliphatic carbocycles. The molecule has 6 heteroatoms. The number of benzene rings is 2. The first-order chi connectivity index (χ1) is 12.5. The fourth-order valence-electron chi connectivity index (χ4n) is 2.84. The molecule has 0 spiro atoms. The van der Waals surface area contributed by atoms with E-state index in [1.54, 1.807) is 12.1 Å². The highest BCUT2D eigenvalue weighted by Crippen LogP contribution is 2.34. The molecule has 1 heterocycles. The molecular formula is C20H19N3O3. The summed E-state index contributed by atoms with van der Waals surface area (Å²) < 4.78 is 5.53. The van der Waals surface area contributed by atoms with Gasteiger partial charge in [-0.1, -0.05) is 24.8 Å². The number of nitrogens with two attached hydrogens (primary N) is 1. The Balaban J connectivity index is 2.14. The third-order valence-electron chi connectivity index (χ3n) is 3.96. The van der Waals surface area contributed by atoms with Crippen LogP contribution in [0.5, 0.6) is 5.88 Å². The molecule has 0 aliphatic rings. The van der Waals surface area contributed by atoms with Crippen molar-refractivity contribution in [2.75, 3.05) is 11.9 Å². The molecule has 0 fully saturated rings. The van der Waals surface area contributed by atoms with Crippen LogP contribution in [0.25, 0.3) is 22.0 Å². The number of rotatable bonds is 6. The maximum absolute atomic E-state index is 11.7. The molecule has 1 aromatic heterocycles. The molecule has 2 amide bonds. The Hall–Kier alpha value is -3.54. The van der Waals surface area contributed by atoms with Gasteiger partial charge in [0.25, 0.3) is 5.91 Å². The number of aromatic nitrogens is 1. The Morgan fingerprint density at radius 3 is 2.77 bits per heavy atom. The molecule has 0 bridgehead atoms. The van der Waals surface area contributed by atoms with Crippen molar-refractivity contribution in [1.29, 1.82) is 0 Å². The van der Waals surface area contributed by atoms with Gasteiger partial charge in [0, 0.05) is 17.1 Å². The zero-order valence-electron chi connectivity index (χ0n) is 14.3. The van der Waals surface area contributed by atoms with Gasteiger partial charge in [0.1, 0.15) is 0 Å². The number of anilines is 1. The van der Waals surface area contributed by atoms with Crippen LogP contribution >= 0.6 is 0 Å². The number of hydrogen-bond acceptors (Lipinski definition) is 3. The predicted octanol–water partition coefficient (Wildman–Crippen LogP) is 3.46. The first-order valence-electron chi connectivity index (χ1n) is 8.15. The van der Waals surface area contributed by atoms with Crippen LogP contribution in [0, 0.1) is 0 Å². The summed E-state index contributed by atoms with van der Waals surface area (Å²) in [6, 6.07) is 12.8. The quantitative estimate of drug-likeness (QED) is 0.595. The minimum absolute atomic E-state index is 0.281. The van der Waals surface area contributed by atoms with Crippen molar-refractivity contribution in [2.45, 2.75) is 6.92 Å². The molecule has 0 aliphatic heterocycles. The fourth-order valence-corrected chi connectivity index (χ4v) is 2.84. The lowest BCUT2D eigenvalue weighted by atomic mass is 9.98. The monoisotopic (exact) mass is 349 g/mol. The van der Waals surface area contributed by atoms with Crippen LogP contribution in [-0.4, -0.2) is 23.4 Å².